The molecule has 0 spiro atoms. The molecule has 114 valence electrons. The molecule has 1 amide bonds. The molecule has 2 rings (SSSR count). The number of alkyl halides is 1. The third-order valence-electron chi connectivity index (χ3n) is 3.59. The highest BCUT2D eigenvalue weighted by molar-refractivity contribution is 9.09. The Morgan fingerprint density at radius 3 is 2.62 bits per heavy atom. The molecule has 1 saturated heterocycles. The molecule has 2 atom stereocenters. The van der Waals surface area contributed by atoms with Gasteiger partial charge in [0.2, 0.25) is 5.91 Å². The van der Waals surface area contributed by atoms with Gasteiger partial charge in [0.15, 0.2) is 11.5 Å². The van der Waals surface area contributed by atoms with E-state index in [-0.39, 0.29) is 29.7 Å². The maximum absolute atomic E-state index is 12.0. The van der Waals surface area contributed by atoms with E-state index in [1.165, 1.54) is 23.1 Å². The van der Waals surface area contributed by atoms with Gasteiger partial charge in [-0.25, -0.2) is 4.79 Å². The fourth-order valence-corrected chi connectivity index (χ4v) is 2.90. The van der Waals surface area contributed by atoms with Crippen LogP contribution < -0.4 is 0 Å². The van der Waals surface area contributed by atoms with Gasteiger partial charge < -0.3 is 20.2 Å². The fraction of sp³-hybridized carbons (Fsp3) is 0.429. The van der Waals surface area contributed by atoms with Crippen molar-refractivity contribution < 1.29 is 24.9 Å². The molecule has 0 aromatic heterocycles. The zero-order chi connectivity index (χ0) is 15.6. The predicted molar refractivity (Wildman–Crippen MR) is 78.5 cm³/mol. The molecular formula is C14H16BrNO5. The number of hydrogen-bond acceptors (Lipinski definition) is 4. The minimum atomic E-state index is -1.08. The third kappa shape index (κ3) is 3.47. The van der Waals surface area contributed by atoms with Gasteiger partial charge in [-0.3, -0.25) is 4.79 Å². The standard InChI is InChI=1S/C14H16BrNO5/c15-6-9-5-13(19)16(7-9)10(14(20)21)3-8-1-2-11(17)12(18)4-8/h1-2,4,9-10,17-18H,3,5-7H2,(H,20,21). The monoisotopic (exact) mass is 357 g/mol. The molecule has 1 aliphatic heterocycles. The number of benzene rings is 1. The summed E-state index contributed by atoms with van der Waals surface area (Å²) in [5.74, 6) is -1.70. The van der Waals surface area contributed by atoms with Gasteiger partial charge in [-0.15, -0.1) is 0 Å². The van der Waals surface area contributed by atoms with Crippen LogP contribution >= 0.6 is 15.9 Å². The van der Waals surface area contributed by atoms with Gasteiger partial charge >= 0.3 is 5.97 Å². The van der Waals surface area contributed by atoms with Crippen LogP contribution in [0.25, 0.3) is 0 Å². The summed E-state index contributed by atoms with van der Waals surface area (Å²) in [4.78, 5) is 24.8. The number of aromatic hydroxyl groups is 2. The van der Waals surface area contributed by atoms with Gasteiger partial charge in [0.1, 0.15) is 6.04 Å². The molecule has 2 unspecified atom stereocenters. The Balaban J connectivity index is 2.18. The van der Waals surface area contributed by atoms with E-state index in [0.717, 1.165) is 0 Å². The summed E-state index contributed by atoms with van der Waals surface area (Å²) in [6, 6.07) is 3.18. The number of carbonyl (C=O) groups excluding carboxylic acids is 1. The van der Waals surface area contributed by atoms with Crippen LogP contribution in [-0.2, 0) is 16.0 Å². The normalized spacial score (nSPS) is 19.8. The topological polar surface area (TPSA) is 98.1 Å². The average Bonchev–Trinajstić information content (AvgIpc) is 2.80. The van der Waals surface area contributed by atoms with Crippen molar-refractivity contribution in [3.05, 3.63) is 23.8 Å². The number of hydrogen-bond donors (Lipinski definition) is 3. The van der Waals surface area contributed by atoms with Crippen LogP contribution in [0.5, 0.6) is 11.5 Å². The molecular weight excluding hydrogens is 342 g/mol. The number of likely N-dealkylation sites (tertiary alicyclic amines) is 1. The highest BCUT2D eigenvalue weighted by atomic mass is 79.9. The minimum absolute atomic E-state index is 0.0872. The van der Waals surface area contributed by atoms with Crippen LogP contribution in [0.3, 0.4) is 0 Å². The van der Waals surface area contributed by atoms with Crippen LogP contribution in [0.2, 0.25) is 0 Å². The van der Waals surface area contributed by atoms with Crippen LogP contribution in [-0.4, -0.2) is 50.0 Å². The fourth-order valence-electron chi connectivity index (χ4n) is 2.46. The lowest BCUT2D eigenvalue weighted by Gasteiger charge is -2.24. The number of rotatable bonds is 5. The lowest BCUT2D eigenvalue weighted by atomic mass is 10.0. The predicted octanol–water partition coefficient (Wildman–Crippen LogP) is 1.34. The third-order valence-corrected chi connectivity index (χ3v) is 4.50. The van der Waals surface area contributed by atoms with E-state index in [4.69, 9.17) is 0 Å². The van der Waals surface area contributed by atoms with Crippen molar-refractivity contribution in [1.82, 2.24) is 4.90 Å². The number of halogens is 1. The summed E-state index contributed by atoms with van der Waals surface area (Å²) >= 11 is 3.31. The first kappa shape index (κ1) is 15.6. The summed E-state index contributed by atoms with van der Waals surface area (Å²) in [6.07, 6.45) is 0.430. The highest BCUT2D eigenvalue weighted by Crippen LogP contribution is 2.28. The molecule has 0 saturated carbocycles. The molecule has 1 aromatic carbocycles. The quantitative estimate of drug-likeness (QED) is 0.545. The van der Waals surface area contributed by atoms with Crippen LogP contribution in [0, 0.1) is 5.92 Å². The van der Waals surface area contributed by atoms with Crippen molar-refractivity contribution in [2.75, 3.05) is 11.9 Å². The summed E-state index contributed by atoms with van der Waals surface area (Å²) in [5, 5.41) is 28.8. The van der Waals surface area contributed by atoms with E-state index in [1.807, 2.05) is 0 Å². The number of carbonyl (C=O) groups is 2. The van der Waals surface area contributed by atoms with Crippen LogP contribution in [0.1, 0.15) is 12.0 Å². The summed E-state index contributed by atoms with van der Waals surface area (Å²) in [7, 11) is 0. The Kier molecular flexibility index (Phi) is 4.72. The molecule has 1 fully saturated rings. The second-order valence-electron chi connectivity index (χ2n) is 5.15. The van der Waals surface area contributed by atoms with E-state index in [2.05, 4.69) is 15.9 Å². The Morgan fingerprint density at radius 2 is 2.10 bits per heavy atom. The molecule has 1 aliphatic rings. The summed E-state index contributed by atoms with van der Waals surface area (Å²) in [6.45, 7) is 0.408. The lowest BCUT2D eigenvalue weighted by Crippen LogP contribution is -2.43. The average molecular weight is 358 g/mol. The van der Waals surface area contributed by atoms with E-state index >= 15 is 0 Å². The number of amides is 1. The van der Waals surface area contributed by atoms with Crippen molar-refractivity contribution in [3.8, 4) is 11.5 Å². The van der Waals surface area contributed by atoms with E-state index in [1.54, 1.807) is 0 Å². The molecule has 1 aromatic rings. The molecule has 0 aliphatic carbocycles. The van der Waals surface area contributed by atoms with E-state index in [9.17, 15) is 24.9 Å². The summed E-state index contributed by atoms with van der Waals surface area (Å²) < 4.78 is 0. The number of carboxylic acids is 1. The molecule has 21 heavy (non-hydrogen) atoms. The first-order valence-corrected chi connectivity index (χ1v) is 7.63. The second kappa shape index (κ2) is 6.34. The van der Waals surface area contributed by atoms with Crippen molar-refractivity contribution in [1.29, 1.82) is 0 Å². The Labute approximate surface area is 130 Å². The number of phenolic OH excluding ortho intramolecular Hbond substituents is 2. The largest absolute Gasteiger partial charge is 0.504 e. The van der Waals surface area contributed by atoms with Crippen molar-refractivity contribution in [3.63, 3.8) is 0 Å². The molecule has 0 bridgehead atoms. The van der Waals surface area contributed by atoms with Crippen LogP contribution in [0.4, 0.5) is 0 Å². The maximum atomic E-state index is 12.0. The van der Waals surface area contributed by atoms with Gasteiger partial charge in [-0.1, -0.05) is 22.0 Å². The van der Waals surface area contributed by atoms with Gasteiger partial charge in [0, 0.05) is 24.7 Å². The smallest absolute Gasteiger partial charge is 0.326 e. The highest BCUT2D eigenvalue weighted by Gasteiger charge is 2.37. The van der Waals surface area contributed by atoms with Gasteiger partial charge in [-0.05, 0) is 23.6 Å². The number of carboxylic acid groups (broad SMARTS) is 1. The molecule has 7 heteroatoms. The number of phenols is 2. The van der Waals surface area contributed by atoms with Gasteiger partial charge in [0.25, 0.3) is 0 Å². The Bertz CT molecular complexity index is 562. The second-order valence-corrected chi connectivity index (χ2v) is 5.80. The van der Waals surface area contributed by atoms with Gasteiger partial charge in [-0.2, -0.15) is 0 Å². The zero-order valence-electron chi connectivity index (χ0n) is 11.2. The molecule has 3 N–H and O–H groups in total. The SMILES string of the molecule is O=C(O)C(Cc1ccc(O)c(O)c1)N1CC(CBr)CC1=O. The van der Waals surface area contributed by atoms with Crippen molar-refractivity contribution in [2.45, 2.75) is 18.9 Å². The Morgan fingerprint density at radius 1 is 1.38 bits per heavy atom. The maximum Gasteiger partial charge on any atom is 0.326 e. The number of aliphatic carboxylic acids is 1. The zero-order valence-corrected chi connectivity index (χ0v) is 12.8. The number of nitrogens with zero attached hydrogens (tertiary/aromatic N) is 1. The first-order valence-electron chi connectivity index (χ1n) is 6.51. The van der Waals surface area contributed by atoms with E-state index in [0.29, 0.717) is 23.9 Å². The van der Waals surface area contributed by atoms with E-state index < -0.39 is 12.0 Å². The summed E-state index contributed by atoms with van der Waals surface area (Å²) in [5.41, 5.74) is 0.549. The lowest BCUT2D eigenvalue weighted by molar-refractivity contribution is -0.148. The van der Waals surface area contributed by atoms with Crippen molar-refractivity contribution >= 4 is 27.8 Å². The van der Waals surface area contributed by atoms with Crippen LogP contribution in [0.15, 0.2) is 18.2 Å². The Hall–Kier alpha value is -1.76. The van der Waals surface area contributed by atoms with Gasteiger partial charge in [0.05, 0.1) is 0 Å². The molecule has 1 heterocycles. The first-order chi connectivity index (χ1) is 9.92. The molecule has 0 radical (unpaired) electrons. The molecule has 6 nitrogen and oxygen atoms in total. The minimum Gasteiger partial charge on any atom is -0.504 e. The van der Waals surface area contributed by atoms with Crippen molar-refractivity contribution in [2.24, 2.45) is 5.92 Å².